The van der Waals surface area contributed by atoms with E-state index in [0.717, 1.165) is 39.1 Å². The molecule has 1 atom stereocenters. The first-order valence-electron chi connectivity index (χ1n) is 4.58. The van der Waals surface area contributed by atoms with Crippen LogP contribution >= 0.6 is 0 Å². The van der Waals surface area contributed by atoms with Crippen LogP contribution in [-0.2, 0) is 9.53 Å². The van der Waals surface area contributed by atoms with Crippen molar-refractivity contribution in [1.82, 2.24) is 4.90 Å². The molecule has 0 aromatic rings. The molecular weight excluding hydrogens is 154 g/mol. The monoisotopic (exact) mass is 170 g/mol. The van der Waals surface area contributed by atoms with Gasteiger partial charge in [0.25, 0.3) is 0 Å². The lowest BCUT2D eigenvalue weighted by molar-refractivity contribution is 0.0272. The minimum absolute atomic E-state index is 0.00102. The largest absolute Gasteiger partial charge is 0.379 e. The highest BCUT2D eigenvalue weighted by Crippen LogP contribution is 2.07. The van der Waals surface area contributed by atoms with Crippen LogP contribution in [0.5, 0.6) is 0 Å². The van der Waals surface area contributed by atoms with Crippen molar-refractivity contribution >= 4 is 6.29 Å². The van der Waals surface area contributed by atoms with E-state index in [-0.39, 0.29) is 6.04 Å². The van der Waals surface area contributed by atoms with Crippen LogP contribution in [0.3, 0.4) is 0 Å². The van der Waals surface area contributed by atoms with Gasteiger partial charge < -0.3 is 4.74 Å². The van der Waals surface area contributed by atoms with Gasteiger partial charge in [-0.25, -0.2) is 0 Å². The van der Waals surface area contributed by atoms with Gasteiger partial charge in [-0.15, -0.1) is 0 Å². The number of rotatable bonds is 4. The van der Waals surface area contributed by atoms with E-state index < -0.39 is 0 Å². The van der Waals surface area contributed by atoms with E-state index in [2.05, 4.69) is 18.1 Å². The van der Waals surface area contributed by atoms with E-state index in [9.17, 15) is 4.79 Å². The molecule has 12 heavy (non-hydrogen) atoms. The highest BCUT2D eigenvalue weighted by Gasteiger charge is 2.19. The molecule has 0 N–H and O–H groups in total. The summed E-state index contributed by atoms with van der Waals surface area (Å²) in [7, 11) is 0. The summed E-state index contributed by atoms with van der Waals surface area (Å²) < 4.78 is 5.20. The van der Waals surface area contributed by atoms with Gasteiger partial charge in [0.05, 0.1) is 19.3 Å². The van der Waals surface area contributed by atoms with Crippen molar-refractivity contribution in [2.24, 2.45) is 0 Å². The molecule has 1 unspecified atom stereocenters. The van der Waals surface area contributed by atoms with E-state index in [1.165, 1.54) is 0 Å². The van der Waals surface area contributed by atoms with E-state index in [1.807, 2.05) is 0 Å². The first kappa shape index (κ1) is 9.68. The summed E-state index contributed by atoms with van der Waals surface area (Å²) in [6, 6.07) is -0.00102. The summed E-state index contributed by atoms with van der Waals surface area (Å²) in [5.74, 6) is 0. The number of ether oxygens (including phenoxy) is 1. The zero-order chi connectivity index (χ0) is 8.81. The number of nitrogens with zero attached hydrogens (tertiary/aromatic N) is 1. The molecule has 69 valence electrons. The molecule has 0 spiro atoms. The molecule has 3 nitrogen and oxygen atoms in total. The standard InChI is InChI=1S/C9H16NO2/c1-2-3-9(8-11)10-4-6-12-7-5-10/h9H,2-7H2,1H3. The molecule has 0 aromatic carbocycles. The second-order valence-electron chi connectivity index (χ2n) is 3.07. The van der Waals surface area contributed by atoms with Crippen LogP contribution in [0.25, 0.3) is 0 Å². The van der Waals surface area contributed by atoms with Crippen LogP contribution in [0, 0.1) is 0 Å². The molecule has 0 aliphatic carbocycles. The number of carbonyl (C=O) groups excluding carboxylic acids is 1. The summed E-state index contributed by atoms with van der Waals surface area (Å²) in [6.45, 7) is 5.34. The molecule has 1 saturated heterocycles. The van der Waals surface area contributed by atoms with Crippen LogP contribution in [-0.4, -0.2) is 43.5 Å². The summed E-state index contributed by atoms with van der Waals surface area (Å²) in [4.78, 5) is 12.7. The number of hydrogen-bond acceptors (Lipinski definition) is 3. The van der Waals surface area contributed by atoms with Gasteiger partial charge in [-0.3, -0.25) is 9.69 Å². The molecule has 1 radical (unpaired) electrons. The van der Waals surface area contributed by atoms with E-state index in [1.54, 1.807) is 0 Å². The Labute approximate surface area is 73.7 Å². The minimum Gasteiger partial charge on any atom is -0.379 e. The van der Waals surface area contributed by atoms with Gasteiger partial charge in [-0.2, -0.15) is 0 Å². The van der Waals surface area contributed by atoms with Crippen LogP contribution < -0.4 is 0 Å². The molecule has 0 saturated carbocycles. The lowest BCUT2D eigenvalue weighted by Crippen LogP contribution is -2.44. The third-order valence-electron chi connectivity index (χ3n) is 2.18. The maximum Gasteiger partial charge on any atom is 0.217 e. The predicted molar refractivity (Wildman–Crippen MR) is 46.8 cm³/mol. The zero-order valence-corrected chi connectivity index (χ0v) is 7.58. The Balaban J connectivity index is 2.34. The summed E-state index contributed by atoms with van der Waals surface area (Å²) >= 11 is 0. The Hall–Kier alpha value is -0.410. The van der Waals surface area contributed by atoms with Gasteiger partial charge in [-0.1, -0.05) is 13.3 Å². The van der Waals surface area contributed by atoms with E-state index in [4.69, 9.17) is 4.74 Å². The smallest absolute Gasteiger partial charge is 0.217 e. The first-order chi connectivity index (χ1) is 5.88. The van der Waals surface area contributed by atoms with Crippen molar-refractivity contribution in [3.63, 3.8) is 0 Å². The second kappa shape index (κ2) is 5.27. The average Bonchev–Trinajstić information content (AvgIpc) is 2.15. The number of hydrogen-bond donors (Lipinski definition) is 0. The quantitative estimate of drug-likeness (QED) is 0.618. The van der Waals surface area contributed by atoms with Gasteiger partial charge in [0.2, 0.25) is 6.29 Å². The van der Waals surface area contributed by atoms with Crippen molar-refractivity contribution in [2.75, 3.05) is 26.3 Å². The molecule has 1 aliphatic rings. The van der Waals surface area contributed by atoms with Crippen LogP contribution in [0.4, 0.5) is 0 Å². The Morgan fingerprint density at radius 3 is 2.67 bits per heavy atom. The lowest BCUT2D eigenvalue weighted by Gasteiger charge is -2.30. The predicted octanol–water partition coefficient (Wildman–Crippen LogP) is 0.597. The Bertz CT molecular complexity index is 132. The average molecular weight is 170 g/mol. The molecule has 1 aliphatic heterocycles. The molecule has 0 aromatic heterocycles. The normalized spacial score (nSPS) is 22.1. The van der Waals surface area contributed by atoms with Crippen molar-refractivity contribution in [3.8, 4) is 0 Å². The second-order valence-corrected chi connectivity index (χ2v) is 3.07. The molecular formula is C9H16NO2. The van der Waals surface area contributed by atoms with Gasteiger partial charge in [0.1, 0.15) is 0 Å². The highest BCUT2D eigenvalue weighted by atomic mass is 16.5. The van der Waals surface area contributed by atoms with Crippen molar-refractivity contribution in [2.45, 2.75) is 25.8 Å². The molecule has 0 amide bonds. The van der Waals surface area contributed by atoms with Crippen LogP contribution in [0.2, 0.25) is 0 Å². The van der Waals surface area contributed by atoms with Gasteiger partial charge in [0.15, 0.2) is 0 Å². The summed E-state index contributed by atoms with van der Waals surface area (Å²) in [6.07, 6.45) is 4.05. The van der Waals surface area contributed by atoms with Crippen molar-refractivity contribution in [1.29, 1.82) is 0 Å². The van der Waals surface area contributed by atoms with Crippen molar-refractivity contribution in [3.05, 3.63) is 0 Å². The SMILES string of the molecule is CCCC([C]=O)N1CCOCC1. The fraction of sp³-hybridized carbons (Fsp3) is 0.889. The maximum atomic E-state index is 10.6. The Kier molecular flexibility index (Phi) is 4.25. The topological polar surface area (TPSA) is 29.5 Å². The molecule has 1 fully saturated rings. The molecule has 3 heteroatoms. The Morgan fingerprint density at radius 2 is 2.17 bits per heavy atom. The van der Waals surface area contributed by atoms with Crippen LogP contribution in [0.1, 0.15) is 19.8 Å². The van der Waals surface area contributed by atoms with E-state index in [0.29, 0.717) is 0 Å². The van der Waals surface area contributed by atoms with Gasteiger partial charge in [0, 0.05) is 13.1 Å². The summed E-state index contributed by atoms with van der Waals surface area (Å²) in [5, 5.41) is 0. The minimum atomic E-state index is -0.00102. The van der Waals surface area contributed by atoms with Crippen molar-refractivity contribution < 1.29 is 9.53 Å². The summed E-state index contributed by atoms with van der Waals surface area (Å²) in [5.41, 5.74) is 0. The fourth-order valence-corrected chi connectivity index (χ4v) is 1.48. The first-order valence-corrected chi connectivity index (χ1v) is 4.58. The maximum absolute atomic E-state index is 10.6. The molecule has 0 bridgehead atoms. The molecule has 1 heterocycles. The highest BCUT2D eigenvalue weighted by molar-refractivity contribution is 5.58. The van der Waals surface area contributed by atoms with Gasteiger partial charge >= 0.3 is 0 Å². The Morgan fingerprint density at radius 1 is 1.50 bits per heavy atom. The number of morpholine rings is 1. The third-order valence-corrected chi connectivity index (χ3v) is 2.18. The zero-order valence-electron chi connectivity index (χ0n) is 7.58. The molecule has 1 rings (SSSR count). The lowest BCUT2D eigenvalue weighted by atomic mass is 10.1. The van der Waals surface area contributed by atoms with Gasteiger partial charge in [-0.05, 0) is 6.42 Å². The third kappa shape index (κ3) is 2.57. The van der Waals surface area contributed by atoms with Crippen LogP contribution in [0.15, 0.2) is 0 Å². The fourth-order valence-electron chi connectivity index (χ4n) is 1.48. The van der Waals surface area contributed by atoms with E-state index >= 15 is 0 Å².